The van der Waals surface area contributed by atoms with E-state index in [2.05, 4.69) is 4.52 Å². The Morgan fingerprint density at radius 1 is 1.04 bits per heavy atom. The topological polar surface area (TPSA) is 147 Å². The smallest absolute Gasteiger partial charge is 0.268 e. The Kier molecular flexibility index (Phi) is 12.6. The second kappa shape index (κ2) is 13.4. The van der Waals surface area contributed by atoms with Crippen molar-refractivity contribution in [1.29, 1.82) is 0 Å². The molecule has 28 heavy (non-hydrogen) atoms. The van der Waals surface area contributed by atoms with E-state index in [0.29, 0.717) is 6.42 Å². The number of rotatable bonds is 16. The fraction of sp³-hybridized carbons (Fsp3) is 1.00. The van der Waals surface area contributed by atoms with Crippen molar-refractivity contribution in [2.24, 2.45) is 0 Å². The van der Waals surface area contributed by atoms with Crippen LogP contribution in [0.5, 0.6) is 0 Å². The molecule has 168 valence electrons. The maximum atomic E-state index is 12.0. The van der Waals surface area contributed by atoms with E-state index in [0.717, 1.165) is 32.1 Å². The van der Waals surface area contributed by atoms with Crippen molar-refractivity contribution >= 4 is 15.6 Å². The van der Waals surface area contributed by atoms with Crippen molar-refractivity contribution in [3.8, 4) is 0 Å². The van der Waals surface area contributed by atoms with E-state index < -0.39 is 40.6 Å². The Labute approximate surface area is 166 Å². The number of aliphatic hydroxyl groups is 1. The molecule has 2 unspecified atom stereocenters. The number of phosphoric acid groups is 2. The molecule has 10 nitrogen and oxygen atoms in total. The molecule has 0 radical (unpaired) electrons. The van der Waals surface area contributed by atoms with Crippen LogP contribution in [0.25, 0.3) is 0 Å². The van der Waals surface area contributed by atoms with Crippen LogP contribution in [-0.2, 0) is 32.0 Å². The minimum absolute atomic E-state index is 0.0213. The molecule has 0 saturated carbocycles. The maximum absolute atomic E-state index is 12.0. The Hall–Kier alpha value is 0.140. The molecule has 12 heteroatoms. The Balaban J connectivity index is 2.29. The second-order valence-corrected chi connectivity index (χ2v) is 9.59. The summed E-state index contributed by atoms with van der Waals surface area (Å²) in [5.41, 5.74) is 0. The largest absolute Gasteiger partial charge is 0.756 e. The molecule has 1 N–H and O–H groups in total. The lowest BCUT2D eigenvalue weighted by molar-refractivity contribution is -0.234. The summed E-state index contributed by atoms with van der Waals surface area (Å²) in [5.74, 6) is 0. The highest BCUT2D eigenvalue weighted by molar-refractivity contribution is 7.46. The maximum Gasteiger partial charge on any atom is 0.268 e. The lowest BCUT2D eigenvalue weighted by Gasteiger charge is -2.30. The summed E-state index contributed by atoms with van der Waals surface area (Å²) >= 11 is 0. The molecule has 0 amide bonds. The van der Waals surface area contributed by atoms with E-state index >= 15 is 0 Å². The predicted octanol–water partition coefficient (Wildman–Crippen LogP) is 1.89. The van der Waals surface area contributed by atoms with Crippen LogP contribution in [0.2, 0.25) is 0 Å². The fourth-order valence-electron chi connectivity index (χ4n) is 2.65. The molecular formula is C16H32O10P2-2. The molecule has 1 saturated heterocycles. The van der Waals surface area contributed by atoms with Gasteiger partial charge in [0, 0.05) is 19.6 Å². The molecule has 0 aromatic heterocycles. The lowest BCUT2D eigenvalue weighted by atomic mass is 10.1. The number of hydrogen-bond donors (Lipinski definition) is 1. The summed E-state index contributed by atoms with van der Waals surface area (Å²) in [6.07, 6.45) is 3.04. The van der Waals surface area contributed by atoms with Crippen molar-refractivity contribution in [3.63, 3.8) is 0 Å². The zero-order chi connectivity index (χ0) is 21.0. The molecule has 1 fully saturated rings. The highest BCUT2D eigenvalue weighted by atomic mass is 31.2. The number of aliphatic hydroxyl groups excluding tert-OH is 1. The fourth-order valence-corrected chi connectivity index (χ4v) is 4.54. The lowest BCUT2D eigenvalue weighted by Crippen LogP contribution is -2.31. The number of phosphoric ester groups is 2. The van der Waals surface area contributed by atoms with Gasteiger partial charge in [0.1, 0.15) is 6.10 Å². The highest BCUT2D eigenvalue weighted by Crippen LogP contribution is 2.44. The normalized spacial score (nSPS) is 24.4. The quantitative estimate of drug-likeness (QED) is 0.275. The third kappa shape index (κ3) is 12.0. The van der Waals surface area contributed by atoms with Crippen molar-refractivity contribution in [1.82, 2.24) is 0 Å². The first-order valence-corrected chi connectivity index (χ1v) is 12.6. The van der Waals surface area contributed by atoms with Gasteiger partial charge in [-0.25, -0.2) is 0 Å². The zero-order valence-corrected chi connectivity index (χ0v) is 18.3. The van der Waals surface area contributed by atoms with Gasteiger partial charge in [0.2, 0.25) is 0 Å². The zero-order valence-electron chi connectivity index (χ0n) is 16.5. The SMILES string of the molecule is CC(C)OP(=O)([O-])OC[C@H]1OCC[C@@H]1OP(=O)([O-])OCCCCCCCCO. The summed E-state index contributed by atoms with van der Waals surface area (Å²) in [6.45, 7) is 3.13. The van der Waals surface area contributed by atoms with Crippen molar-refractivity contribution in [3.05, 3.63) is 0 Å². The van der Waals surface area contributed by atoms with E-state index in [1.54, 1.807) is 13.8 Å². The van der Waals surface area contributed by atoms with Gasteiger partial charge in [-0.05, 0) is 26.7 Å². The van der Waals surface area contributed by atoms with Gasteiger partial charge in [0.15, 0.2) is 0 Å². The van der Waals surface area contributed by atoms with Gasteiger partial charge in [-0.3, -0.25) is 9.13 Å². The van der Waals surface area contributed by atoms with Crippen LogP contribution in [0, 0.1) is 0 Å². The molecule has 4 atom stereocenters. The summed E-state index contributed by atoms with van der Waals surface area (Å²) in [4.78, 5) is 23.6. The third-order valence-corrected chi connectivity index (χ3v) is 6.13. The molecular weight excluding hydrogens is 414 g/mol. The molecule has 0 aromatic carbocycles. The van der Waals surface area contributed by atoms with Gasteiger partial charge in [0.25, 0.3) is 15.6 Å². The number of unbranched alkanes of at least 4 members (excludes halogenated alkanes) is 5. The first-order valence-electron chi connectivity index (χ1n) is 9.65. The van der Waals surface area contributed by atoms with Crippen molar-refractivity contribution in [2.75, 3.05) is 26.4 Å². The average Bonchev–Trinajstić information content (AvgIpc) is 3.00. The molecule has 1 aliphatic rings. The van der Waals surface area contributed by atoms with E-state index in [-0.39, 0.29) is 26.2 Å². The number of ether oxygens (including phenoxy) is 1. The van der Waals surface area contributed by atoms with Gasteiger partial charge >= 0.3 is 0 Å². The van der Waals surface area contributed by atoms with Crippen LogP contribution < -0.4 is 9.79 Å². The van der Waals surface area contributed by atoms with Gasteiger partial charge in [-0.2, -0.15) is 0 Å². The van der Waals surface area contributed by atoms with E-state index in [4.69, 9.17) is 23.4 Å². The Morgan fingerprint density at radius 2 is 1.68 bits per heavy atom. The third-order valence-electron chi connectivity index (χ3n) is 3.95. The van der Waals surface area contributed by atoms with Crippen LogP contribution >= 0.6 is 15.6 Å². The summed E-state index contributed by atoms with van der Waals surface area (Å²) in [5, 5.41) is 8.69. The minimum Gasteiger partial charge on any atom is -0.756 e. The predicted molar refractivity (Wildman–Crippen MR) is 97.4 cm³/mol. The minimum atomic E-state index is -4.53. The molecule has 0 aromatic rings. The average molecular weight is 446 g/mol. The van der Waals surface area contributed by atoms with Gasteiger partial charge in [0.05, 0.1) is 25.4 Å². The molecule has 1 heterocycles. The standard InChI is InChI=1S/C16H34O10P2/c1-14(2)25-28(20,21)24-13-16-15(9-12-22-16)26-27(18,19)23-11-8-6-4-3-5-7-10-17/h14-17H,3-13H2,1-2H3,(H,18,19)(H,20,21)/p-2/t15-,16+/m0/s1. The van der Waals surface area contributed by atoms with E-state index in [1.165, 1.54) is 0 Å². The summed E-state index contributed by atoms with van der Waals surface area (Å²) < 4.78 is 48.2. The summed E-state index contributed by atoms with van der Waals surface area (Å²) in [6, 6.07) is 0. The van der Waals surface area contributed by atoms with E-state index in [9.17, 15) is 18.9 Å². The Morgan fingerprint density at radius 3 is 2.32 bits per heavy atom. The second-order valence-electron chi connectivity index (χ2n) is 6.86. The van der Waals surface area contributed by atoms with Gasteiger partial charge in [-0.15, -0.1) is 0 Å². The van der Waals surface area contributed by atoms with Crippen LogP contribution in [0.1, 0.15) is 58.8 Å². The Bertz CT molecular complexity index is 516. The van der Waals surface area contributed by atoms with Crippen LogP contribution in [0.15, 0.2) is 0 Å². The molecule has 1 aliphatic heterocycles. The van der Waals surface area contributed by atoms with E-state index in [1.807, 2.05) is 0 Å². The first-order chi connectivity index (χ1) is 13.2. The summed E-state index contributed by atoms with van der Waals surface area (Å²) in [7, 11) is -9.02. The molecule has 0 aliphatic carbocycles. The number of hydrogen-bond acceptors (Lipinski definition) is 10. The van der Waals surface area contributed by atoms with Crippen molar-refractivity contribution < 1.29 is 46.9 Å². The van der Waals surface area contributed by atoms with Crippen molar-refractivity contribution in [2.45, 2.75) is 77.1 Å². The molecule has 0 spiro atoms. The first kappa shape index (κ1) is 26.2. The van der Waals surface area contributed by atoms with Crippen LogP contribution in [0.4, 0.5) is 0 Å². The molecule has 0 bridgehead atoms. The monoisotopic (exact) mass is 446 g/mol. The highest BCUT2D eigenvalue weighted by Gasteiger charge is 2.33. The van der Waals surface area contributed by atoms with Gasteiger partial charge in [-0.1, -0.05) is 25.7 Å². The van der Waals surface area contributed by atoms with Crippen LogP contribution in [0.3, 0.4) is 0 Å². The molecule has 1 rings (SSSR count). The van der Waals surface area contributed by atoms with Gasteiger partial charge < -0.3 is 37.7 Å². The van der Waals surface area contributed by atoms with Crippen LogP contribution in [-0.4, -0.2) is 49.8 Å².